The smallest absolute Gasteiger partial charge is 0.313 e. The van der Waals surface area contributed by atoms with Crippen molar-refractivity contribution in [3.63, 3.8) is 0 Å². The SMILES string of the molecule is COCC1(C(=O)O)CCN(C(=O)C2CC(=O)N(C(C)c3ccccc3)C2)C1. The zero-order valence-corrected chi connectivity index (χ0v) is 15.8. The summed E-state index contributed by atoms with van der Waals surface area (Å²) in [6.07, 6.45) is 0.545. The molecule has 2 heterocycles. The summed E-state index contributed by atoms with van der Waals surface area (Å²) in [5, 5.41) is 9.56. The van der Waals surface area contributed by atoms with Crippen LogP contribution in [0.3, 0.4) is 0 Å². The minimum absolute atomic E-state index is 0.0368. The van der Waals surface area contributed by atoms with E-state index in [1.165, 1.54) is 7.11 Å². The molecule has 2 amide bonds. The Kier molecular flexibility index (Phi) is 5.51. The zero-order valence-electron chi connectivity index (χ0n) is 15.8. The number of rotatable bonds is 6. The van der Waals surface area contributed by atoms with Crippen LogP contribution in [0.4, 0.5) is 0 Å². The van der Waals surface area contributed by atoms with Crippen molar-refractivity contribution in [3.05, 3.63) is 35.9 Å². The highest BCUT2D eigenvalue weighted by molar-refractivity contribution is 5.90. The number of aliphatic carboxylic acids is 1. The number of benzene rings is 1. The van der Waals surface area contributed by atoms with Gasteiger partial charge in [0.25, 0.3) is 0 Å². The van der Waals surface area contributed by atoms with E-state index in [0.29, 0.717) is 19.5 Å². The highest BCUT2D eigenvalue weighted by atomic mass is 16.5. The van der Waals surface area contributed by atoms with Gasteiger partial charge in [0.15, 0.2) is 0 Å². The minimum Gasteiger partial charge on any atom is -0.481 e. The standard InChI is InChI=1S/C20H26N2O5/c1-14(15-6-4-3-5-7-15)22-11-16(10-17(22)23)18(24)21-9-8-20(12-21,13-27-2)19(25)26/h3-7,14,16H,8-13H2,1-2H3,(H,25,26). The number of methoxy groups -OCH3 is 1. The number of amides is 2. The van der Waals surface area contributed by atoms with E-state index in [0.717, 1.165) is 5.56 Å². The van der Waals surface area contributed by atoms with Crippen molar-refractivity contribution in [2.45, 2.75) is 25.8 Å². The molecule has 0 radical (unpaired) electrons. The van der Waals surface area contributed by atoms with Gasteiger partial charge in [0.2, 0.25) is 11.8 Å². The van der Waals surface area contributed by atoms with Crippen LogP contribution < -0.4 is 0 Å². The second-order valence-electron chi connectivity index (χ2n) is 7.56. The summed E-state index contributed by atoms with van der Waals surface area (Å²) < 4.78 is 5.08. The number of carboxylic acids is 1. The van der Waals surface area contributed by atoms with E-state index in [4.69, 9.17) is 4.74 Å². The fourth-order valence-corrected chi connectivity index (χ4v) is 4.13. The first-order chi connectivity index (χ1) is 12.9. The minimum atomic E-state index is -1.05. The van der Waals surface area contributed by atoms with E-state index in [2.05, 4.69) is 0 Å². The lowest BCUT2D eigenvalue weighted by Crippen LogP contribution is -2.42. The number of likely N-dealkylation sites (tertiary alicyclic amines) is 2. The normalized spacial score (nSPS) is 26.4. The molecule has 2 aliphatic rings. The fraction of sp³-hybridized carbons (Fsp3) is 0.550. The molecule has 7 nitrogen and oxygen atoms in total. The van der Waals surface area contributed by atoms with Gasteiger partial charge >= 0.3 is 5.97 Å². The van der Waals surface area contributed by atoms with Crippen molar-refractivity contribution in [1.82, 2.24) is 9.80 Å². The quantitative estimate of drug-likeness (QED) is 0.816. The van der Waals surface area contributed by atoms with Crippen molar-refractivity contribution in [2.75, 3.05) is 33.4 Å². The molecule has 0 bridgehead atoms. The van der Waals surface area contributed by atoms with Crippen LogP contribution in [0.15, 0.2) is 30.3 Å². The number of carboxylic acid groups (broad SMARTS) is 1. The molecular weight excluding hydrogens is 348 g/mol. The van der Waals surface area contributed by atoms with Crippen LogP contribution in [-0.2, 0) is 19.1 Å². The molecule has 2 aliphatic heterocycles. The molecule has 2 fully saturated rings. The van der Waals surface area contributed by atoms with Gasteiger partial charge in [-0.3, -0.25) is 14.4 Å². The van der Waals surface area contributed by atoms with Crippen LogP contribution in [0.2, 0.25) is 0 Å². The molecule has 1 aromatic rings. The molecule has 146 valence electrons. The van der Waals surface area contributed by atoms with Gasteiger partial charge in [0.1, 0.15) is 5.41 Å². The predicted octanol–water partition coefficient (Wildman–Crippen LogP) is 1.55. The average Bonchev–Trinajstić information content (AvgIpc) is 3.26. The van der Waals surface area contributed by atoms with Gasteiger partial charge in [0, 0.05) is 33.2 Å². The maximum atomic E-state index is 12.9. The Bertz CT molecular complexity index is 722. The monoisotopic (exact) mass is 374 g/mol. The van der Waals surface area contributed by atoms with Crippen LogP contribution >= 0.6 is 0 Å². The lowest BCUT2D eigenvalue weighted by Gasteiger charge is -2.27. The van der Waals surface area contributed by atoms with Crippen molar-refractivity contribution in [2.24, 2.45) is 11.3 Å². The maximum Gasteiger partial charge on any atom is 0.313 e. The molecule has 27 heavy (non-hydrogen) atoms. The molecule has 1 N–H and O–H groups in total. The van der Waals surface area contributed by atoms with Crippen LogP contribution in [0.1, 0.15) is 31.4 Å². The number of carbonyl (C=O) groups excluding carboxylic acids is 2. The molecule has 1 aromatic carbocycles. The van der Waals surface area contributed by atoms with Crippen LogP contribution in [0.25, 0.3) is 0 Å². The lowest BCUT2D eigenvalue weighted by molar-refractivity contribution is -0.152. The summed E-state index contributed by atoms with van der Waals surface area (Å²) in [4.78, 5) is 40.4. The molecule has 3 unspecified atom stereocenters. The Hall–Kier alpha value is -2.41. The summed E-state index contributed by atoms with van der Waals surface area (Å²) in [7, 11) is 1.47. The maximum absolute atomic E-state index is 12.9. The fourth-order valence-electron chi connectivity index (χ4n) is 4.13. The van der Waals surface area contributed by atoms with Gasteiger partial charge < -0.3 is 19.6 Å². The molecule has 2 saturated heterocycles. The third-order valence-electron chi connectivity index (χ3n) is 5.80. The van der Waals surface area contributed by atoms with E-state index >= 15 is 0 Å². The Morgan fingerprint density at radius 3 is 2.67 bits per heavy atom. The van der Waals surface area contributed by atoms with E-state index in [1.807, 2.05) is 37.3 Å². The average molecular weight is 374 g/mol. The topological polar surface area (TPSA) is 87.1 Å². The molecule has 0 spiro atoms. The lowest BCUT2D eigenvalue weighted by atomic mass is 9.88. The molecular formula is C20H26N2O5. The highest BCUT2D eigenvalue weighted by Gasteiger charge is 2.48. The third kappa shape index (κ3) is 3.69. The van der Waals surface area contributed by atoms with Crippen molar-refractivity contribution in [1.29, 1.82) is 0 Å². The Morgan fingerprint density at radius 1 is 1.33 bits per heavy atom. The van der Waals surface area contributed by atoms with Crippen molar-refractivity contribution >= 4 is 17.8 Å². The molecule has 0 aromatic heterocycles. The second kappa shape index (κ2) is 7.68. The van der Waals surface area contributed by atoms with Crippen molar-refractivity contribution in [3.8, 4) is 0 Å². The molecule has 0 aliphatic carbocycles. The summed E-state index contributed by atoms with van der Waals surface area (Å²) in [6.45, 7) is 2.92. The summed E-state index contributed by atoms with van der Waals surface area (Å²) >= 11 is 0. The van der Waals surface area contributed by atoms with Gasteiger partial charge in [-0.1, -0.05) is 30.3 Å². The summed E-state index contributed by atoms with van der Waals surface area (Å²) in [5.41, 5.74) is -0.0190. The first kappa shape index (κ1) is 19.4. The summed E-state index contributed by atoms with van der Waals surface area (Å²) in [5.74, 6) is -1.53. The van der Waals surface area contributed by atoms with Gasteiger partial charge in [-0.05, 0) is 18.9 Å². The van der Waals surface area contributed by atoms with E-state index in [1.54, 1.807) is 9.80 Å². The van der Waals surface area contributed by atoms with Gasteiger partial charge in [-0.25, -0.2) is 0 Å². The van der Waals surface area contributed by atoms with E-state index in [-0.39, 0.29) is 37.4 Å². The van der Waals surface area contributed by atoms with Crippen LogP contribution in [0.5, 0.6) is 0 Å². The third-order valence-corrected chi connectivity index (χ3v) is 5.80. The number of hydrogen-bond donors (Lipinski definition) is 1. The van der Waals surface area contributed by atoms with Gasteiger partial charge in [-0.15, -0.1) is 0 Å². The zero-order chi connectivity index (χ0) is 19.6. The largest absolute Gasteiger partial charge is 0.481 e. The predicted molar refractivity (Wildman–Crippen MR) is 97.8 cm³/mol. The Labute approximate surface area is 158 Å². The summed E-state index contributed by atoms with van der Waals surface area (Å²) in [6, 6.07) is 9.64. The number of ether oxygens (including phenoxy) is 1. The van der Waals surface area contributed by atoms with E-state index in [9.17, 15) is 19.5 Å². The van der Waals surface area contributed by atoms with Crippen LogP contribution in [0, 0.1) is 11.3 Å². The first-order valence-corrected chi connectivity index (χ1v) is 9.23. The Balaban J connectivity index is 1.67. The number of carbonyl (C=O) groups is 3. The second-order valence-corrected chi connectivity index (χ2v) is 7.56. The first-order valence-electron chi connectivity index (χ1n) is 9.23. The van der Waals surface area contributed by atoms with Crippen molar-refractivity contribution < 1.29 is 24.2 Å². The molecule has 3 atom stereocenters. The molecule has 7 heteroatoms. The van der Waals surface area contributed by atoms with Gasteiger partial charge in [0.05, 0.1) is 18.6 Å². The molecule has 0 saturated carbocycles. The van der Waals surface area contributed by atoms with Crippen LogP contribution in [-0.4, -0.2) is 66.0 Å². The number of nitrogens with zero attached hydrogens (tertiary/aromatic N) is 2. The number of hydrogen-bond acceptors (Lipinski definition) is 4. The highest BCUT2D eigenvalue weighted by Crippen LogP contribution is 2.34. The molecule has 3 rings (SSSR count). The Morgan fingerprint density at radius 2 is 2.04 bits per heavy atom. The van der Waals surface area contributed by atoms with Gasteiger partial charge in [-0.2, -0.15) is 0 Å². The van der Waals surface area contributed by atoms with E-state index < -0.39 is 17.3 Å².